The standard InChI is InChI=1S/C23H30ClN5/c1-7-16(8-2)17-9-10-18(24)21-22(17)28-13-15(4)29(23(28)26-21)19-12-25-20(27(5)6)11-14(19)3/h9-12,15-16H,7-8,13H2,1-6H3. The van der Waals surface area contributed by atoms with E-state index in [1.807, 2.05) is 31.3 Å². The van der Waals surface area contributed by atoms with E-state index >= 15 is 0 Å². The quantitative estimate of drug-likeness (QED) is 0.523. The first-order valence-corrected chi connectivity index (χ1v) is 10.9. The minimum atomic E-state index is 0.307. The van der Waals surface area contributed by atoms with Crippen LogP contribution in [-0.4, -0.2) is 34.7 Å². The Morgan fingerprint density at radius 3 is 2.59 bits per heavy atom. The van der Waals surface area contributed by atoms with Crippen molar-refractivity contribution in [3.05, 3.63) is 40.5 Å². The van der Waals surface area contributed by atoms with Crippen LogP contribution < -0.4 is 9.80 Å². The summed E-state index contributed by atoms with van der Waals surface area (Å²) in [4.78, 5) is 14.0. The van der Waals surface area contributed by atoms with Crippen molar-refractivity contribution in [1.29, 1.82) is 0 Å². The predicted octanol–water partition coefficient (Wildman–Crippen LogP) is 5.90. The molecule has 6 heteroatoms. The number of nitrogens with zero attached hydrogens (tertiary/aromatic N) is 5. The van der Waals surface area contributed by atoms with Crippen molar-refractivity contribution >= 4 is 40.1 Å². The number of benzene rings is 1. The number of halogens is 1. The van der Waals surface area contributed by atoms with E-state index in [2.05, 4.69) is 54.3 Å². The van der Waals surface area contributed by atoms with Crippen LogP contribution in [-0.2, 0) is 6.54 Å². The molecule has 0 aliphatic carbocycles. The Hall–Kier alpha value is -2.27. The summed E-state index contributed by atoms with van der Waals surface area (Å²) in [5.74, 6) is 2.45. The van der Waals surface area contributed by atoms with Gasteiger partial charge in [-0.25, -0.2) is 9.97 Å². The molecule has 1 aromatic carbocycles. The number of aromatic nitrogens is 3. The monoisotopic (exact) mass is 411 g/mol. The Labute approximate surface area is 178 Å². The van der Waals surface area contributed by atoms with Crippen LogP contribution in [0.5, 0.6) is 0 Å². The normalized spacial score (nSPS) is 16.1. The van der Waals surface area contributed by atoms with Gasteiger partial charge >= 0.3 is 0 Å². The molecule has 0 radical (unpaired) electrons. The van der Waals surface area contributed by atoms with Gasteiger partial charge in [-0.05, 0) is 55.9 Å². The maximum absolute atomic E-state index is 6.59. The van der Waals surface area contributed by atoms with Gasteiger partial charge in [0.15, 0.2) is 0 Å². The minimum absolute atomic E-state index is 0.307. The zero-order chi connectivity index (χ0) is 20.9. The average molecular weight is 412 g/mol. The first-order valence-electron chi connectivity index (χ1n) is 10.5. The molecule has 0 fully saturated rings. The molecular formula is C23H30ClN5. The zero-order valence-corrected chi connectivity index (χ0v) is 19.0. The second kappa shape index (κ2) is 7.52. The summed E-state index contributed by atoms with van der Waals surface area (Å²) in [5.41, 5.74) is 5.78. The van der Waals surface area contributed by atoms with Crippen LogP contribution in [0.4, 0.5) is 17.5 Å². The third-order valence-electron chi connectivity index (χ3n) is 6.17. The fourth-order valence-corrected chi connectivity index (χ4v) is 4.75. The summed E-state index contributed by atoms with van der Waals surface area (Å²) in [7, 11) is 4.03. The van der Waals surface area contributed by atoms with Crippen molar-refractivity contribution in [3.63, 3.8) is 0 Å². The van der Waals surface area contributed by atoms with Gasteiger partial charge in [-0.15, -0.1) is 0 Å². The molecule has 1 aliphatic rings. The van der Waals surface area contributed by atoms with Crippen molar-refractivity contribution in [3.8, 4) is 0 Å². The van der Waals surface area contributed by atoms with Crippen LogP contribution in [0.3, 0.4) is 0 Å². The highest BCUT2D eigenvalue weighted by Gasteiger charge is 2.33. The zero-order valence-electron chi connectivity index (χ0n) is 18.2. The topological polar surface area (TPSA) is 37.2 Å². The molecule has 1 atom stereocenters. The summed E-state index contributed by atoms with van der Waals surface area (Å²) in [6.45, 7) is 9.80. The van der Waals surface area contributed by atoms with Crippen molar-refractivity contribution in [2.75, 3.05) is 23.9 Å². The Morgan fingerprint density at radius 2 is 1.97 bits per heavy atom. The molecular weight excluding hydrogens is 382 g/mol. The van der Waals surface area contributed by atoms with E-state index < -0.39 is 0 Å². The van der Waals surface area contributed by atoms with E-state index in [0.29, 0.717) is 12.0 Å². The summed E-state index contributed by atoms with van der Waals surface area (Å²) in [6, 6.07) is 6.65. The lowest BCUT2D eigenvalue weighted by Crippen LogP contribution is -2.26. The fraction of sp³-hybridized carbons (Fsp3) is 0.478. The molecule has 154 valence electrons. The van der Waals surface area contributed by atoms with Gasteiger partial charge in [-0.3, -0.25) is 0 Å². The Kier molecular flexibility index (Phi) is 5.19. The summed E-state index contributed by atoms with van der Waals surface area (Å²) in [5, 5.41) is 0.724. The number of aryl methyl sites for hydroxylation is 1. The summed E-state index contributed by atoms with van der Waals surface area (Å²) in [6.07, 6.45) is 4.20. The highest BCUT2D eigenvalue weighted by atomic mass is 35.5. The Balaban J connectivity index is 1.90. The summed E-state index contributed by atoms with van der Waals surface area (Å²) >= 11 is 6.59. The van der Waals surface area contributed by atoms with E-state index in [-0.39, 0.29) is 0 Å². The SMILES string of the molecule is CCC(CC)c1ccc(Cl)c2nc3n(c12)CC(C)N3c1cnc(N(C)C)cc1C. The Morgan fingerprint density at radius 1 is 1.24 bits per heavy atom. The van der Waals surface area contributed by atoms with Crippen molar-refractivity contribution in [2.45, 2.75) is 59.0 Å². The highest BCUT2D eigenvalue weighted by Crippen LogP contribution is 2.42. The van der Waals surface area contributed by atoms with E-state index in [1.54, 1.807) is 0 Å². The van der Waals surface area contributed by atoms with Gasteiger partial charge in [0.1, 0.15) is 11.3 Å². The molecule has 3 aromatic rings. The van der Waals surface area contributed by atoms with Crippen LogP contribution in [0.1, 0.15) is 50.7 Å². The van der Waals surface area contributed by atoms with Crippen molar-refractivity contribution < 1.29 is 0 Å². The predicted molar refractivity (Wildman–Crippen MR) is 123 cm³/mol. The molecule has 0 spiro atoms. The van der Waals surface area contributed by atoms with E-state index in [0.717, 1.165) is 47.4 Å². The second-order valence-corrected chi connectivity index (χ2v) is 8.72. The number of fused-ring (bicyclic) bond motifs is 3. The van der Waals surface area contributed by atoms with Gasteiger partial charge in [0, 0.05) is 20.6 Å². The van der Waals surface area contributed by atoms with Crippen LogP contribution in [0.15, 0.2) is 24.4 Å². The molecule has 0 saturated carbocycles. The molecule has 3 heterocycles. The molecule has 29 heavy (non-hydrogen) atoms. The lowest BCUT2D eigenvalue weighted by molar-refractivity contribution is 0.635. The maximum atomic E-state index is 6.59. The van der Waals surface area contributed by atoms with Gasteiger partial charge in [-0.2, -0.15) is 0 Å². The molecule has 4 rings (SSSR count). The molecule has 0 amide bonds. The third kappa shape index (κ3) is 3.16. The highest BCUT2D eigenvalue weighted by molar-refractivity contribution is 6.35. The molecule has 2 aromatic heterocycles. The Bertz CT molecular complexity index is 1050. The van der Waals surface area contributed by atoms with Crippen molar-refractivity contribution in [2.24, 2.45) is 0 Å². The molecule has 1 aliphatic heterocycles. The number of pyridine rings is 1. The lowest BCUT2D eigenvalue weighted by Gasteiger charge is -2.24. The minimum Gasteiger partial charge on any atom is -0.363 e. The van der Waals surface area contributed by atoms with Gasteiger partial charge in [0.05, 0.1) is 28.5 Å². The van der Waals surface area contributed by atoms with E-state index in [9.17, 15) is 0 Å². The summed E-state index contributed by atoms with van der Waals surface area (Å²) < 4.78 is 2.36. The van der Waals surface area contributed by atoms with Gasteiger partial charge in [-0.1, -0.05) is 31.5 Å². The van der Waals surface area contributed by atoms with Crippen LogP contribution in [0.2, 0.25) is 5.02 Å². The molecule has 0 bridgehead atoms. The molecule has 5 nitrogen and oxygen atoms in total. The van der Waals surface area contributed by atoms with Crippen molar-refractivity contribution in [1.82, 2.24) is 14.5 Å². The third-order valence-corrected chi connectivity index (χ3v) is 6.48. The number of imidazole rings is 1. The number of anilines is 3. The van der Waals surface area contributed by atoms with Crippen LogP contribution in [0, 0.1) is 6.92 Å². The average Bonchev–Trinajstić information content (AvgIpc) is 3.20. The van der Waals surface area contributed by atoms with E-state index in [1.165, 1.54) is 16.6 Å². The second-order valence-electron chi connectivity index (χ2n) is 8.31. The van der Waals surface area contributed by atoms with Crippen LogP contribution in [0.25, 0.3) is 11.0 Å². The van der Waals surface area contributed by atoms with E-state index in [4.69, 9.17) is 16.6 Å². The number of rotatable bonds is 5. The van der Waals surface area contributed by atoms with Gasteiger partial charge < -0.3 is 14.4 Å². The smallest absolute Gasteiger partial charge is 0.211 e. The first-order chi connectivity index (χ1) is 13.9. The molecule has 0 saturated heterocycles. The number of hydrogen-bond acceptors (Lipinski definition) is 4. The van der Waals surface area contributed by atoms with Crippen LogP contribution >= 0.6 is 11.6 Å². The fourth-order valence-electron chi connectivity index (χ4n) is 4.55. The number of hydrogen-bond donors (Lipinski definition) is 0. The molecule has 0 N–H and O–H groups in total. The van der Waals surface area contributed by atoms with Gasteiger partial charge in [0.2, 0.25) is 5.95 Å². The lowest BCUT2D eigenvalue weighted by atomic mass is 9.93. The largest absolute Gasteiger partial charge is 0.363 e. The first kappa shape index (κ1) is 20.0. The van der Waals surface area contributed by atoms with Gasteiger partial charge in [0.25, 0.3) is 0 Å². The maximum Gasteiger partial charge on any atom is 0.211 e. The molecule has 1 unspecified atom stereocenters.